The lowest BCUT2D eigenvalue weighted by Gasteiger charge is -2.03. The number of hydrogen-bond donors (Lipinski definition) is 1. The van der Waals surface area contributed by atoms with Crippen LogP contribution in [0.3, 0.4) is 0 Å². The molecule has 76 valence electrons. The Morgan fingerprint density at radius 3 is 2.73 bits per heavy atom. The monoisotopic (exact) mass is 240 g/mol. The fourth-order valence-electron chi connectivity index (χ4n) is 1.23. The van der Waals surface area contributed by atoms with Crippen LogP contribution in [0.5, 0.6) is 0 Å². The van der Waals surface area contributed by atoms with Gasteiger partial charge in [-0.25, -0.2) is 9.78 Å². The van der Waals surface area contributed by atoms with Crippen molar-refractivity contribution in [3.05, 3.63) is 51.0 Å². The Labute approximate surface area is 95.7 Å². The second-order valence-electron chi connectivity index (χ2n) is 2.91. The maximum Gasteiger partial charge on any atom is 0.345 e. The SMILES string of the molecule is O=c1nccc(-c2cc(Cl)ccc2Cl)[nH]1. The van der Waals surface area contributed by atoms with Crippen molar-refractivity contribution in [3.63, 3.8) is 0 Å². The lowest BCUT2D eigenvalue weighted by molar-refractivity contribution is 1.08. The number of benzene rings is 1. The van der Waals surface area contributed by atoms with Crippen molar-refractivity contribution in [1.82, 2.24) is 9.97 Å². The molecule has 1 aromatic heterocycles. The van der Waals surface area contributed by atoms with E-state index < -0.39 is 5.69 Å². The third-order valence-electron chi connectivity index (χ3n) is 1.89. The van der Waals surface area contributed by atoms with Crippen LogP contribution in [-0.4, -0.2) is 9.97 Å². The van der Waals surface area contributed by atoms with E-state index in [1.54, 1.807) is 24.3 Å². The van der Waals surface area contributed by atoms with Crippen LogP contribution in [0.4, 0.5) is 0 Å². The Balaban J connectivity index is 2.63. The summed E-state index contributed by atoms with van der Waals surface area (Å²) >= 11 is 11.8. The molecule has 15 heavy (non-hydrogen) atoms. The molecule has 1 N–H and O–H groups in total. The molecule has 5 heteroatoms. The van der Waals surface area contributed by atoms with Crippen LogP contribution in [0.2, 0.25) is 10.0 Å². The second-order valence-corrected chi connectivity index (χ2v) is 3.76. The van der Waals surface area contributed by atoms with Gasteiger partial charge in [0.05, 0.1) is 5.69 Å². The first-order valence-electron chi connectivity index (χ1n) is 4.17. The van der Waals surface area contributed by atoms with Crippen LogP contribution in [0.15, 0.2) is 35.3 Å². The third kappa shape index (κ3) is 2.19. The van der Waals surface area contributed by atoms with E-state index in [0.717, 1.165) is 0 Å². The van der Waals surface area contributed by atoms with Gasteiger partial charge in [0, 0.05) is 21.8 Å². The number of nitrogens with one attached hydrogen (secondary N) is 1. The van der Waals surface area contributed by atoms with E-state index in [-0.39, 0.29) is 0 Å². The maximum atomic E-state index is 11.0. The number of aromatic amines is 1. The molecule has 0 unspecified atom stereocenters. The van der Waals surface area contributed by atoms with Gasteiger partial charge in [0.15, 0.2) is 0 Å². The van der Waals surface area contributed by atoms with Crippen molar-refractivity contribution in [3.8, 4) is 11.3 Å². The summed E-state index contributed by atoms with van der Waals surface area (Å²) in [5.41, 5.74) is 0.870. The van der Waals surface area contributed by atoms with E-state index in [2.05, 4.69) is 9.97 Å². The molecule has 2 aromatic rings. The summed E-state index contributed by atoms with van der Waals surface area (Å²) in [4.78, 5) is 17.1. The highest BCUT2D eigenvalue weighted by molar-refractivity contribution is 6.35. The molecule has 0 atom stereocenters. The summed E-state index contributed by atoms with van der Waals surface area (Å²) in [7, 11) is 0. The Kier molecular flexibility index (Phi) is 2.75. The molecule has 1 aromatic carbocycles. The highest BCUT2D eigenvalue weighted by atomic mass is 35.5. The molecule has 0 spiro atoms. The van der Waals surface area contributed by atoms with Crippen molar-refractivity contribution in [1.29, 1.82) is 0 Å². The topological polar surface area (TPSA) is 45.8 Å². The van der Waals surface area contributed by atoms with Gasteiger partial charge in [-0.15, -0.1) is 0 Å². The zero-order valence-corrected chi connectivity index (χ0v) is 9.01. The smallest absolute Gasteiger partial charge is 0.305 e. The van der Waals surface area contributed by atoms with Crippen molar-refractivity contribution >= 4 is 23.2 Å². The fourth-order valence-corrected chi connectivity index (χ4v) is 1.62. The van der Waals surface area contributed by atoms with E-state index in [1.165, 1.54) is 6.20 Å². The molecular formula is C10H6Cl2N2O. The van der Waals surface area contributed by atoms with Gasteiger partial charge in [0.1, 0.15) is 0 Å². The van der Waals surface area contributed by atoms with Crippen LogP contribution in [0.1, 0.15) is 0 Å². The number of rotatable bonds is 1. The Morgan fingerprint density at radius 2 is 2.00 bits per heavy atom. The molecule has 0 bridgehead atoms. The fraction of sp³-hybridized carbons (Fsp3) is 0. The molecule has 1 heterocycles. The lowest BCUT2D eigenvalue weighted by Crippen LogP contribution is -2.09. The van der Waals surface area contributed by atoms with E-state index >= 15 is 0 Å². The molecule has 2 rings (SSSR count). The zero-order valence-electron chi connectivity index (χ0n) is 7.50. The number of halogens is 2. The van der Waals surface area contributed by atoms with E-state index in [4.69, 9.17) is 23.2 Å². The van der Waals surface area contributed by atoms with Crippen molar-refractivity contribution in [2.45, 2.75) is 0 Å². The third-order valence-corrected chi connectivity index (χ3v) is 2.46. The molecule has 0 saturated carbocycles. The van der Waals surface area contributed by atoms with Gasteiger partial charge in [0.2, 0.25) is 0 Å². The number of nitrogens with zero attached hydrogens (tertiary/aromatic N) is 1. The van der Waals surface area contributed by atoms with Gasteiger partial charge in [0.25, 0.3) is 0 Å². The number of H-pyrrole nitrogens is 1. The van der Waals surface area contributed by atoms with Crippen LogP contribution < -0.4 is 5.69 Å². The first kappa shape index (κ1) is 10.2. The van der Waals surface area contributed by atoms with Crippen LogP contribution in [0.25, 0.3) is 11.3 Å². The number of aromatic nitrogens is 2. The Bertz CT molecular complexity index is 551. The van der Waals surface area contributed by atoms with E-state index in [9.17, 15) is 4.79 Å². The highest BCUT2D eigenvalue weighted by Gasteiger charge is 2.04. The minimum Gasteiger partial charge on any atom is -0.305 e. The minimum absolute atomic E-state index is 0.413. The van der Waals surface area contributed by atoms with Gasteiger partial charge in [-0.1, -0.05) is 23.2 Å². The van der Waals surface area contributed by atoms with Crippen molar-refractivity contribution in [2.24, 2.45) is 0 Å². The summed E-state index contributed by atoms with van der Waals surface area (Å²) < 4.78 is 0. The van der Waals surface area contributed by atoms with Crippen molar-refractivity contribution < 1.29 is 0 Å². The quantitative estimate of drug-likeness (QED) is 0.834. The summed E-state index contributed by atoms with van der Waals surface area (Å²) in [6.45, 7) is 0. The molecular weight excluding hydrogens is 235 g/mol. The van der Waals surface area contributed by atoms with Crippen LogP contribution in [-0.2, 0) is 0 Å². The zero-order chi connectivity index (χ0) is 10.8. The molecule has 0 aliphatic carbocycles. The summed E-state index contributed by atoms with van der Waals surface area (Å²) in [6.07, 6.45) is 1.42. The van der Waals surface area contributed by atoms with Gasteiger partial charge >= 0.3 is 5.69 Å². The second kappa shape index (κ2) is 4.04. The standard InChI is InChI=1S/C10H6Cl2N2O/c11-6-1-2-8(12)7(5-6)9-3-4-13-10(15)14-9/h1-5H,(H,13,14,15). The molecule has 0 radical (unpaired) electrons. The number of hydrogen-bond acceptors (Lipinski definition) is 2. The molecule has 0 amide bonds. The van der Waals surface area contributed by atoms with Gasteiger partial charge < -0.3 is 4.98 Å². The van der Waals surface area contributed by atoms with Gasteiger partial charge in [-0.2, -0.15) is 0 Å². The average molecular weight is 241 g/mol. The van der Waals surface area contributed by atoms with E-state index in [1.807, 2.05) is 0 Å². The predicted molar refractivity (Wildman–Crippen MR) is 60.3 cm³/mol. The first-order valence-corrected chi connectivity index (χ1v) is 4.93. The minimum atomic E-state index is -0.413. The Morgan fingerprint density at radius 1 is 1.20 bits per heavy atom. The predicted octanol–water partition coefficient (Wildman–Crippen LogP) is 2.74. The molecule has 0 aliphatic heterocycles. The Hall–Kier alpha value is -1.32. The maximum absolute atomic E-state index is 11.0. The summed E-state index contributed by atoms with van der Waals surface area (Å²) in [5, 5.41) is 1.09. The molecule has 0 saturated heterocycles. The van der Waals surface area contributed by atoms with Crippen LogP contribution >= 0.6 is 23.2 Å². The molecule has 0 aliphatic rings. The van der Waals surface area contributed by atoms with Gasteiger partial charge in [-0.3, -0.25) is 0 Å². The largest absolute Gasteiger partial charge is 0.345 e. The van der Waals surface area contributed by atoms with Crippen molar-refractivity contribution in [2.75, 3.05) is 0 Å². The summed E-state index contributed by atoms with van der Waals surface area (Å²) in [5.74, 6) is 0. The highest BCUT2D eigenvalue weighted by Crippen LogP contribution is 2.28. The normalized spacial score (nSPS) is 10.3. The summed E-state index contributed by atoms with van der Waals surface area (Å²) in [6, 6.07) is 6.72. The first-order chi connectivity index (χ1) is 7.16. The average Bonchev–Trinajstić information content (AvgIpc) is 2.22. The molecule has 3 nitrogen and oxygen atoms in total. The molecule has 0 fully saturated rings. The van der Waals surface area contributed by atoms with Crippen LogP contribution in [0, 0.1) is 0 Å². The lowest BCUT2D eigenvalue weighted by atomic mass is 10.1. The van der Waals surface area contributed by atoms with E-state index in [0.29, 0.717) is 21.3 Å². The van der Waals surface area contributed by atoms with Gasteiger partial charge in [-0.05, 0) is 24.3 Å².